The minimum Gasteiger partial charge on any atom is -0.334 e. The molecule has 0 spiro atoms. The first-order valence-electron chi connectivity index (χ1n) is 5.99. The molecule has 1 amide bonds. The molecular weight excluding hydrogens is 275 g/mol. The maximum atomic E-state index is 13.2. The first-order chi connectivity index (χ1) is 8.91. The Morgan fingerprint density at radius 1 is 1.26 bits per heavy atom. The normalized spacial score (nSPS) is 23.5. The van der Waals surface area contributed by atoms with Gasteiger partial charge in [-0.05, 0) is 19.1 Å². The number of carbonyl (C=O) groups excluding carboxylic acids is 1. The Kier molecular flexibility index (Phi) is 4.08. The molecule has 0 bridgehead atoms. The van der Waals surface area contributed by atoms with Crippen molar-refractivity contribution in [3.63, 3.8) is 0 Å². The van der Waals surface area contributed by atoms with Gasteiger partial charge in [-0.2, -0.15) is 11.8 Å². The SMILES string of the molecule is CC1SCCN(C(=O)c2cc(F)c(F)c(F)c2)C1C. The minimum atomic E-state index is -1.55. The summed E-state index contributed by atoms with van der Waals surface area (Å²) in [7, 11) is 0. The first kappa shape index (κ1) is 14.2. The zero-order valence-electron chi connectivity index (χ0n) is 10.6. The number of halogens is 3. The first-order valence-corrected chi connectivity index (χ1v) is 7.03. The fourth-order valence-electron chi connectivity index (χ4n) is 2.06. The van der Waals surface area contributed by atoms with Gasteiger partial charge >= 0.3 is 0 Å². The number of amides is 1. The highest BCUT2D eigenvalue weighted by molar-refractivity contribution is 8.00. The second-order valence-electron chi connectivity index (χ2n) is 4.57. The molecule has 1 heterocycles. The molecule has 1 aromatic carbocycles. The molecule has 104 valence electrons. The van der Waals surface area contributed by atoms with Gasteiger partial charge in [-0.25, -0.2) is 13.2 Å². The summed E-state index contributed by atoms with van der Waals surface area (Å²) >= 11 is 1.75. The van der Waals surface area contributed by atoms with Crippen LogP contribution in [-0.4, -0.2) is 34.4 Å². The van der Waals surface area contributed by atoms with Crippen LogP contribution in [-0.2, 0) is 0 Å². The average Bonchev–Trinajstić information content (AvgIpc) is 2.38. The number of hydrogen-bond acceptors (Lipinski definition) is 2. The maximum Gasteiger partial charge on any atom is 0.254 e. The maximum absolute atomic E-state index is 13.2. The molecule has 2 rings (SSSR count). The molecule has 0 aliphatic carbocycles. The summed E-state index contributed by atoms with van der Waals surface area (Å²) in [5.74, 6) is -3.90. The Bertz CT molecular complexity index is 486. The van der Waals surface area contributed by atoms with Crippen molar-refractivity contribution in [3.8, 4) is 0 Å². The monoisotopic (exact) mass is 289 g/mol. The van der Waals surface area contributed by atoms with Gasteiger partial charge in [0.15, 0.2) is 17.5 Å². The largest absolute Gasteiger partial charge is 0.334 e. The molecular formula is C13H14F3NOS. The van der Waals surface area contributed by atoms with Crippen molar-refractivity contribution in [2.75, 3.05) is 12.3 Å². The van der Waals surface area contributed by atoms with E-state index in [2.05, 4.69) is 0 Å². The lowest BCUT2D eigenvalue weighted by atomic mass is 10.1. The van der Waals surface area contributed by atoms with E-state index in [0.29, 0.717) is 6.54 Å². The van der Waals surface area contributed by atoms with Crippen LogP contribution < -0.4 is 0 Å². The molecule has 1 saturated heterocycles. The van der Waals surface area contributed by atoms with Crippen molar-refractivity contribution in [2.24, 2.45) is 0 Å². The van der Waals surface area contributed by atoms with Crippen LogP contribution in [0.5, 0.6) is 0 Å². The minimum absolute atomic E-state index is 0.0255. The van der Waals surface area contributed by atoms with Gasteiger partial charge in [0.2, 0.25) is 0 Å². The van der Waals surface area contributed by atoms with Gasteiger partial charge in [0, 0.05) is 29.2 Å². The lowest BCUT2D eigenvalue weighted by Gasteiger charge is -2.37. The molecule has 0 N–H and O–H groups in total. The Morgan fingerprint density at radius 2 is 1.84 bits per heavy atom. The van der Waals surface area contributed by atoms with Crippen LogP contribution in [0.4, 0.5) is 13.2 Å². The van der Waals surface area contributed by atoms with E-state index in [1.807, 2.05) is 13.8 Å². The van der Waals surface area contributed by atoms with Crippen LogP contribution in [0.25, 0.3) is 0 Å². The third-order valence-electron chi connectivity index (χ3n) is 3.38. The Labute approximate surface area is 114 Å². The van der Waals surface area contributed by atoms with Crippen LogP contribution >= 0.6 is 11.8 Å². The standard InChI is InChI=1S/C13H14F3NOS/c1-7-8(2)19-4-3-17(7)13(18)9-5-10(14)12(16)11(15)6-9/h5-8H,3-4H2,1-2H3. The number of benzene rings is 1. The summed E-state index contributed by atoms with van der Waals surface area (Å²) in [6, 6.07) is 1.47. The fraction of sp³-hybridized carbons (Fsp3) is 0.462. The van der Waals surface area contributed by atoms with Crippen molar-refractivity contribution in [2.45, 2.75) is 25.1 Å². The van der Waals surface area contributed by atoms with Gasteiger partial charge in [-0.1, -0.05) is 6.92 Å². The van der Waals surface area contributed by atoms with E-state index in [9.17, 15) is 18.0 Å². The van der Waals surface area contributed by atoms with E-state index < -0.39 is 23.4 Å². The molecule has 2 atom stereocenters. The number of carbonyl (C=O) groups is 1. The van der Waals surface area contributed by atoms with Crippen LogP contribution in [0.15, 0.2) is 12.1 Å². The summed E-state index contributed by atoms with van der Waals surface area (Å²) in [6.45, 7) is 4.42. The van der Waals surface area contributed by atoms with E-state index in [4.69, 9.17) is 0 Å². The third-order valence-corrected chi connectivity index (χ3v) is 4.71. The van der Waals surface area contributed by atoms with Crippen LogP contribution in [0.3, 0.4) is 0 Å². The highest BCUT2D eigenvalue weighted by Gasteiger charge is 2.30. The number of hydrogen-bond donors (Lipinski definition) is 0. The Balaban J connectivity index is 2.29. The molecule has 0 aromatic heterocycles. The third kappa shape index (κ3) is 2.73. The van der Waals surface area contributed by atoms with E-state index in [1.54, 1.807) is 16.7 Å². The number of nitrogens with zero attached hydrogens (tertiary/aromatic N) is 1. The predicted octanol–water partition coefficient (Wildman–Crippen LogP) is 3.07. The van der Waals surface area contributed by atoms with Crippen LogP contribution in [0.2, 0.25) is 0 Å². The molecule has 0 radical (unpaired) electrons. The number of rotatable bonds is 1. The number of thioether (sulfide) groups is 1. The molecule has 19 heavy (non-hydrogen) atoms. The highest BCUT2D eigenvalue weighted by atomic mass is 32.2. The Morgan fingerprint density at radius 3 is 2.42 bits per heavy atom. The van der Waals surface area contributed by atoms with E-state index >= 15 is 0 Å². The molecule has 2 unspecified atom stereocenters. The highest BCUT2D eigenvalue weighted by Crippen LogP contribution is 2.26. The van der Waals surface area contributed by atoms with E-state index in [1.165, 1.54) is 0 Å². The van der Waals surface area contributed by atoms with E-state index in [0.717, 1.165) is 17.9 Å². The zero-order chi connectivity index (χ0) is 14.2. The second kappa shape index (κ2) is 5.45. The van der Waals surface area contributed by atoms with Crippen molar-refractivity contribution < 1.29 is 18.0 Å². The summed E-state index contributed by atoms with van der Waals surface area (Å²) in [6.07, 6.45) is 0. The molecule has 1 aliphatic rings. The lowest BCUT2D eigenvalue weighted by molar-refractivity contribution is 0.0697. The van der Waals surface area contributed by atoms with Gasteiger partial charge in [0.25, 0.3) is 5.91 Å². The van der Waals surface area contributed by atoms with Crippen molar-refractivity contribution >= 4 is 17.7 Å². The van der Waals surface area contributed by atoms with Gasteiger partial charge in [0.1, 0.15) is 0 Å². The molecule has 6 heteroatoms. The average molecular weight is 289 g/mol. The molecule has 0 saturated carbocycles. The quantitative estimate of drug-likeness (QED) is 0.741. The van der Waals surface area contributed by atoms with Crippen LogP contribution in [0.1, 0.15) is 24.2 Å². The van der Waals surface area contributed by atoms with Gasteiger partial charge in [-0.3, -0.25) is 4.79 Å². The zero-order valence-corrected chi connectivity index (χ0v) is 11.4. The lowest BCUT2D eigenvalue weighted by Crippen LogP contribution is -2.48. The molecule has 2 nitrogen and oxygen atoms in total. The molecule has 1 aliphatic heterocycles. The van der Waals surface area contributed by atoms with Gasteiger partial charge in [0.05, 0.1) is 0 Å². The van der Waals surface area contributed by atoms with Gasteiger partial charge < -0.3 is 4.90 Å². The molecule has 1 aromatic rings. The van der Waals surface area contributed by atoms with Crippen LogP contribution in [0, 0.1) is 17.5 Å². The topological polar surface area (TPSA) is 20.3 Å². The predicted molar refractivity (Wildman–Crippen MR) is 68.7 cm³/mol. The van der Waals surface area contributed by atoms with Gasteiger partial charge in [-0.15, -0.1) is 0 Å². The van der Waals surface area contributed by atoms with Crippen molar-refractivity contribution in [3.05, 3.63) is 35.1 Å². The summed E-state index contributed by atoms with van der Waals surface area (Å²) in [5.41, 5.74) is -0.151. The summed E-state index contributed by atoms with van der Waals surface area (Å²) < 4.78 is 39.2. The smallest absolute Gasteiger partial charge is 0.254 e. The van der Waals surface area contributed by atoms with Crippen molar-refractivity contribution in [1.29, 1.82) is 0 Å². The summed E-state index contributed by atoms with van der Waals surface area (Å²) in [4.78, 5) is 13.8. The summed E-state index contributed by atoms with van der Waals surface area (Å²) in [5, 5.41) is 0.257. The molecule has 1 fully saturated rings. The van der Waals surface area contributed by atoms with Crippen molar-refractivity contribution in [1.82, 2.24) is 4.90 Å². The Hall–Kier alpha value is -1.17. The fourth-order valence-corrected chi connectivity index (χ4v) is 3.16. The second-order valence-corrected chi connectivity index (χ2v) is 6.05. The van der Waals surface area contributed by atoms with E-state index in [-0.39, 0.29) is 16.9 Å².